The van der Waals surface area contributed by atoms with Crippen LogP contribution in [0, 0.1) is 19.8 Å². The minimum absolute atomic E-state index is 0.0378. The van der Waals surface area contributed by atoms with E-state index in [1.807, 2.05) is 33.8 Å². The van der Waals surface area contributed by atoms with Crippen molar-refractivity contribution in [1.82, 2.24) is 9.62 Å². The number of nitrogens with zero attached hydrogens (tertiary/aromatic N) is 2. The first-order valence-electron chi connectivity index (χ1n) is 10.8. The molecule has 3 N–H and O–H groups in total. The maximum atomic E-state index is 12.8. The molecule has 0 aromatic carbocycles. The van der Waals surface area contributed by atoms with Crippen LogP contribution < -0.4 is 10.6 Å². The Kier molecular flexibility index (Phi) is 7.51. The summed E-state index contributed by atoms with van der Waals surface area (Å²) in [6.07, 6.45) is 0. The SMILES string of the molecule is CCN(CC)S(=O)(=O)c1scc(NC2=NS(=O)(=O)C=C2N[C@@H](c2cc(C)c(C)o2)C(C)C)c1O. The summed E-state index contributed by atoms with van der Waals surface area (Å²) in [5, 5.41) is 19.0. The summed E-state index contributed by atoms with van der Waals surface area (Å²) in [6.45, 7) is 11.6. The summed E-state index contributed by atoms with van der Waals surface area (Å²) in [6, 6.07) is 1.55. The van der Waals surface area contributed by atoms with E-state index >= 15 is 0 Å². The van der Waals surface area contributed by atoms with Crippen LogP contribution in [0.1, 0.15) is 50.8 Å². The van der Waals surface area contributed by atoms with Crippen LogP contribution in [0.15, 0.2) is 35.6 Å². The van der Waals surface area contributed by atoms with Gasteiger partial charge in [0.1, 0.15) is 11.5 Å². The predicted octanol–water partition coefficient (Wildman–Crippen LogP) is 3.68. The molecule has 0 amide bonds. The standard InChI is InChI=1S/C21H30N4O6S3/c1-7-25(8-2)34(29,30)21-19(26)15(10-32-21)23-20-16(11-33(27,28)24-20)22-18(12(3)4)17-9-13(5)14(6)31-17/h9-12,18,22,26H,7-8H2,1-6H3,(H,23,24)/t18-/m1/s1. The van der Waals surface area contributed by atoms with Gasteiger partial charge in [-0.25, -0.2) is 8.42 Å². The smallest absolute Gasteiger partial charge is 0.279 e. The van der Waals surface area contributed by atoms with E-state index in [0.29, 0.717) is 5.76 Å². The monoisotopic (exact) mass is 530 g/mol. The summed E-state index contributed by atoms with van der Waals surface area (Å²) in [5.41, 5.74) is 1.21. The largest absolute Gasteiger partial charge is 0.504 e. The number of amidine groups is 1. The lowest BCUT2D eigenvalue weighted by Gasteiger charge is -2.22. The lowest BCUT2D eigenvalue weighted by Crippen LogP contribution is -2.30. The second-order valence-electron chi connectivity index (χ2n) is 8.24. The van der Waals surface area contributed by atoms with E-state index in [0.717, 1.165) is 28.1 Å². The van der Waals surface area contributed by atoms with Gasteiger partial charge in [-0.05, 0) is 31.4 Å². The number of aromatic hydroxyl groups is 1. The number of thiophene rings is 1. The molecule has 34 heavy (non-hydrogen) atoms. The topological polar surface area (TPSA) is 141 Å². The first-order chi connectivity index (χ1) is 15.8. The number of sulfonamides is 2. The Balaban J connectivity index is 1.92. The molecule has 2 aromatic rings. The van der Waals surface area contributed by atoms with Gasteiger partial charge in [-0.15, -0.1) is 15.7 Å². The zero-order valence-electron chi connectivity index (χ0n) is 19.9. The van der Waals surface area contributed by atoms with E-state index in [1.54, 1.807) is 13.8 Å². The van der Waals surface area contributed by atoms with Crippen LogP contribution in [0.4, 0.5) is 5.69 Å². The van der Waals surface area contributed by atoms with Crippen LogP contribution in [0.25, 0.3) is 0 Å². The molecule has 0 aliphatic carbocycles. The van der Waals surface area contributed by atoms with Crippen LogP contribution >= 0.6 is 11.3 Å². The Hall–Kier alpha value is -2.35. The van der Waals surface area contributed by atoms with Crippen molar-refractivity contribution in [3.63, 3.8) is 0 Å². The molecule has 13 heteroatoms. The molecular weight excluding hydrogens is 500 g/mol. The van der Waals surface area contributed by atoms with Gasteiger partial charge in [0.25, 0.3) is 20.0 Å². The number of rotatable bonds is 9. The fourth-order valence-corrected chi connectivity index (χ4v) is 7.26. The molecule has 0 saturated carbocycles. The number of anilines is 1. The molecule has 10 nitrogen and oxygen atoms in total. The summed E-state index contributed by atoms with van der Waals surface area (Å²) >= 11 is 0.845. The summed E-state index contributed by atoms with van der Waals surface area (Å²) in [7, 11) is -7.80. The Bertz CT molecular complexity index is 1310. The van der Waals surface area contributed by atoms with Crippen molar-refractivity contribution in [2.24, 2.45) is 10.3 Å². The van der Waals surface area contributed by atoms with E-state index in [2.05, 4.69) is 15.0 Å². The molecule has 188 valence electrons. The number of furan rings is 1. The third-order valence-corrected chi connectivity index (χ3v) is 9.98. The molecule has 0 radical (unpaired) electrons. The van der Waals surface area contributed by atoms with Gasteiger partial charge in [-0.3, -0.25) is 0 Å². The van der Waals surface area contributed by atoms with Gasteiger partial charge >= 0.3 is 0 Å². The minimum Gasteiger partial charge on any atom is -0.504 e. The average molecular weight is 531 g/mol. The maximum Gasteiger partial charge on any atom is 0.279 e. The number of hydrogen-bond donors (Lipinski definition) is 3. The third-order valence-electron chi connectivity index (χ3n) is 5.47. The van der Waals surface area contributed by atoms with Gasteiger partial charge in [-0.1, -0.05) is 27.7 Å². The van der Waals surface area contributed by atoms with Crippen LogP contribution in [0.5, 0.6) is 5.75 Å². The van der Waals surface area contributed by atoms with E-state index in [4.69, 9.17) is 4.42 Å². The highest BCUT2D eigenvalue weighted by molar-refractivity contribution is 7.93. The molecular formula is C21H30N4O6S3. The highest BCUT2D eigenvalue weighted by Crippen LogP contribution is 2.40. The molecule has 0 unspecified atom stereocenters. The fraction of sp³-hybridized carbons (Fsp3) is 0.476. The fourth-order valence-electron chi connectivity index (χ4n) is 3.50. The normalized spacial score (nSPS) is 16.6. The first kappa shape index (κ1) is 26.3. The van der Waals surface area contributed by atoms with E-state index in [1.165, 1.54) is 9.69 Å². The average Bonchev–Trinajstić information content (AvgIpc) is 3.36. The van der Waals surface area contributed by atoms with Crippen molar-refractivity contribution in [1.29, 1.82) is 0 Å². The number of aryl methyl sites for hydroxylation is 2. The van der Waals surface area contributed by atoms with Crippen LogP contribution in [0.3, 0.4) is 0 Å². The van der Waals surface area contributed by atoms with Crippen LogP contribution in [0.2, 0.25) is 0 Å². The highest BCUT2D eigenvalue weighted by atomic mass is 32.2. The summed E-state index contributed by atoms with van der Waals surface area (Å²) in [4.78, 5) is 0. The first-order valence-corrected chi connectivity index (χ1v) is 14.6. The van der Waals surface area contributed by atoms with Gasteiger partial charge in [0.2, 0.25) is 0 Å². The number of hydrogen-bond acceptors (Lipinski definition) is 9. The van der Waals surface area contributed by atoms with Crippen molar-refractivity contribution >= 4 is 42.9 Å². The minimum atomic E-state index is -3.91. The molecule has 2 aromatic heterocycles. The number of nitrogens with one attached hydrogen (secondary N) is 2. The van der Waals surface area contributed by atoms with Gasteiger partial charge in [0.05, 0.1) is 22.8 Å². The Morgan fingerprint density at radius 2 is 1.88 bits per heavy atom. The molecule has 0 bridgehead atoms. The second-order valence-corrected chi connectivity index (χ2v) is 12.7. The molecule has 0 fully saturated rings. The van der Waals surface area contributed by atoms with E-state index < -0.39 is 25.8 Å². The Morgan fingerprint density at radius 3 is 2.41 bits per heavy atom. The summed E-state index contributed by atoms with van der Waals surface area (Å²) in [5.74, 6) is 0.926. The van der Waals surface area contributed by atoms with Crippen molar-refractivity contribution in [2.45, 2.75) is 51.8 Å². The molecule has 1 atom stereocenters. The van der Waals surface area contributed by atoms with Crippen molar-refractivity contribution in [3.8, 4) is 5.75 Å². The van der Waals surface area contributed by atoms with Gasteiger partial charge in [-0.2, -0.15) is 12.7 Å². The molecule has 1 aliphatic heterocycles. The van der Waals surface area contributed by atoms with E-state index in [-0.39, 0.29) is 46.5 Å². The lowest BCUT2D eigenvalue weighted by molar-refractivity contribution is 0.357. The van der Waals surface area contributed by atoms with Gasteiger partial charge < -0.3 is 20.2 Å². The van der Waals surface area contributed by atoms with E-state index in [9.17, 15) is 21.9 Å². The molecule has 0 spiro atoms. The zero-order valence-corrected chi connectivity index (χ0v) is 22.4. The van der Waals surface area contributed by atoms with Crippen LogP contribution in [-0.4, -0.2) is 45.2 Å². The quantitative estimate of drug-likeness (QED) is 0.446. The zero-order chi connectivity index (χ0) is 25.4. The summed E-state index contributed by atoms with van der Waals surface area (Å²) < 4.78 is 60.8. The second kappa shape index (κ2) is 9.72. The predicted molar refractivity (Wildman–Crippen MR) is 133 cm³/mol. The maximum absolute atomic E-state index is 12.8. The van der Waals surface area contributed by atoms with Crippen molar-refractivity contribution < 1.29 is 26.4 Å². The van der Waals surface area contributed by atoms with Crippen molar-refractivity contribution in [3.05, 3.63) is 39.6 Å². The Morgan fingerprint density at radius 1 is 1.24 bits per heavy atom. The highest BCUT2D eigenvalue weighted by Gasteiger charge is 2.32. The van der Waals surface area contributed by atoms with Crippen molar-refractivity contribution in [2.75, 3.05) is 18.4 Å². The Labute approximate surface area is 204 Å². The molecule has 3 heterocycles. The molecule has 3 rings (SSSR count). The van der Waals surface area contributed by atoms with Gasteiger partial charge in [0.15, 0.2) is 15.8 Å². The van der Waals surface area contributed by atoms with Crippen LogP contribution in [-0.2, 0) is 20.0 Å². The molecule has 0 saturated heterocycles. The lowest BCUT2D eigenvalue weighted by atomic mass is 10.0. The van der Waals surface area contributed by atoms with Gasteiger partial charge in [0, 0.05) is 18.5 Å². The third kappa shape index (κ3) is 5.16. The molecule has 1 aliphatic rings.